The second-order valence-electron chi connectivity index (χ2n) is 5.72. The van der Waals surface area contributed by atoms with Crippen molar-refractivity contribution < 1.29 is 9.53 Å². The molecule has 0 aliphatic heterocycles. The van der Waals surface area contributed by atoms with Crippen molar-refractivity contribution >= 4 is 57.8 Å². The molecule has 0 saturated carbocycles. The number of carbonyl (C=O) groups excluding carboxylic acids is 1. The van der Waals surface area contributed by atoms with Crippen molar-refractivity contribution in [2.75, 3.05) is 6.61 Å². The average molecular weight is 423 g/mol. The minimum atomic E-state index is -0.447. The highest BCUT2D eigenvalue weighted by Gasteiger charge is 2.07. The topological polar surface area (TPSA) is 63.6 Å². The zero-order valence-electron chi connectivity index (χ0n) is 14.2. The van der Waals surface area contributed by atoms with Crippen molar-refractivity contribution in [3.8, 4) is 5.75 Å². The molecule has 138 valence electrons. The number of aromatic nitrogens is 1. The zero-order valence-corrected chi connectivity index (χ0v) is 16.4. The Balaban J connectivity index is 1.61. The molecule has 0 bridgehead atoms. The Hall–Kier alpha value is -2.34. The maximum absolute atomic E-state index is 11.9. The van der Waals surface area contributed by atoms with Crippen LogP contribution in [0.3, 0.4) is 0 Å². The maximum atomic E-state index is 11.9. The van der Waals surface area contributed by atoms with Gasteiger partial charge in [0.05, 0.1) is 16.8 Å². The molecule has 27 heavy (non-hydrogen) atoms. The van der Waals surface area contributed by atoms with Crippen LogP contribution in [-0.2, 0) is 4.79 Å². The van der Waals surface area contributed by atoms with Crippen molar-refractivity contribution in [3.63, 3.8) is 0 Å². The first kappa shape index (κ1) is 19.4. The SMILES string of the molecule is Cc1ccc2cc(/C=N\NC(=O)COc3ccc(Cl)cc3Cl)c(Cl)nc2c1. The summed E-state index contributed by atoms with van der Waals surface area (Å²) >= 11 is 18.0. The molecule has 0 unspecified atom stereocenters. The number of amides is 1. The lowest BCUT2D eigenvalue weighted by molar-refractivity contribution is -0.123. The van der Waals surface area contributed by atoms with Gasteiger partial charge in [0, 0.05) is 16.0 Å². The van der Waals surface area contributed by atoms with Crippen molar-refractivity contribution in [3.05, 3.63) is 68.8 Å². The van der Waals surface area contributed by atoms with Gasteiger partial charge in [-0.2, -0.15) is 5.10 Å². The molecular weight excluding hydrogens is 409 g/mol. The number of hydrogen-bond donors (Lipinski definition) is 1. The number of benzene rings is 2. The Morgan fingerprint density at radius 2 is 2.00 bits per heavy atom. The summed E-state index contributed by atoms with van der Waals surface area (Å²) in [6, 6.07) is 12.5. The highest BCUT2D eigenvalue weighted by atomic mass is 35.5. The summed E-state index contributed by atoms with van der Waals surface area (Å²) in [7, 11) is 0. The van der Waals surface area contributed by atoms with Gasteiger partial charge in [-0.3, -0.25) is 4.79 Å². The van der Waals surface area contributed by atoms with Gasteiger partial charge in [0.25, 0.3) is 5.91 Å². The van der Waals surface area contributed by atoms with E-state index >= 15 is 0 Å². The standard InChI is InChI=1S/C19H14Cl3N3O2/c1-11-2-3-12-7-13(19(22)24-16(12)6-11)9-23-25-18(26)10-27-17-5-4-14(20)8-15(17)21/h2-9H,10H2,1H3,(H,25,26)/b23-9-. The summed E-state index contributed by atoms with van der Waals surface area (Å²) in [6.07, 6.45) is 1.43. The van der Waals surface area contributed by atoms with Gasteiger partial charge >= 0.3 is 0 Å². The molecule has 0 aliphatic carbocycles. The van der Waals surface area contributed by atoms with Crippen molar-refractivity contribution in [2.45, 2.75) is 6.92 Å². The van der Waals surface area contributed by atoms with E-state index in [9.17, 15) is 4.79 Å². The third-order valence-corrected chi connectivity index (χ3v) is 4.43. The molecular formula is C19H14Cl3N3O2. The molecule has 0 atom stereocenters. The van der Waals surface area contributed by atoms with Crippen LogP contribution in [-0.4, -0.2) is 23.7 Å². The van der Waals surface area contributed by atoms with Crippen LogP contribution in [0.25, 0.3) is 10.9 Å². The summed E-state index contributed by atoms with van der Waals surface area (Å²) in [5.74, 6) is -0.0879. The number of aryl methyl sites for hydroxylation is 1. The lowest BCUT2D eigenvalue weighted by atomic mass is 10.1. The molecule has 5 nitrogen and oxygen atoms in total. The first-order chi connectivity index (χ1) is 12.9. The summed E-state index contributed by atoms with van der Waals surface area (Å²) in [5.41, 5.74) is 4.86. The third kappa shape index (κ3) is 5.10. The van der Waals surface area contributed by atoms with Crippen LogP contribution in [0.4, 0.5) is 0 Å². The Kier molecular flexibility index (Phi) is 6.16. The van der Waals surface area contributed by atoms with E-state index in [1.807, 2.05) is 31.2 Å². The Bertz CT molecular complexity index is 1040. The third-order valence-electron chi connectivity index (χ3n) is 3.60. The molecule has 2 aromatic carbocycles. The number of halogens is 3. The van der Waals surface area contributed by atoms with Crippen LogP contribution in [0.15, 0.2) is 47.6 Å². The van der Waals surface area contributed by atoms with Gasteiger partial charge < -0.3 is 4.74 Å². The molecule has 0 radical (unpaired) electrons. The summed E-state index contributed by atoms with van der Waals surface area (Å²) in [5, 5.41) is 5.93. The molecule has 8 heteroatoms. The maximum Gasteiger partial charge on any atom is 0.277 e. The normalized spacial score (nSPS) is 11.1. The lowest BCUT2D eigenvalue weighted by Crippen LogP contribution is -2.24. The molecule has 3 rings (SSSR count). The quantitative estimate of drug-likeness (QED) is 0.356. The van der Waals surface area contributed by atoms with Gasteiger partial charge in [0.1, 0.15) is 10.9 Å². The number of hydrogen-bond acceptors (Lipinski definition) is 4. The van der Waals surface area contributed by atoms with E-state index in [4.69, 9.17) is 39.5 Å². The van der Waals surface area contributed by atoms with Gasteiger partial charge in [0.15, 0.2) is 6.61 Å². The largest absolute Gasteiger partial charge is 0.482 e. The molecule has 0 spiro atoms. The number of carbonyl (C=O) groups is 1. The van der Waals surface area contributed by atoms with E-state index in [0.29, 0.717) is 26.5 Å². The fourth-order valence-electron chi connectivity index (χ4n) is 2.30. The number of nitrogens with zero attached hydrogens (tertiary/aromatic N) is 2. The van der Waals surface area contributed by atoms with E-state index in [0.717, 1.165) is 16.5 Å². The van der Waals surface area contributed by atoms with Gasteiger partial charge in [-0.1, -0.05) is 46.9 Å². The Morgan fingerprint density at radius 3 is 2.78 bits per heavy atom. The fourth-order valence-corrected chi connectivity index (χ4v) is 2.96. The van der Waals surface area contributed by atoms with Crippen LogP contribution in [0.1, 0.15) is 11.1 Å². The van der Waals surface area contributed by atoms with E-state index in [-0.39, 0.29) is 6.61 Å². The predicted molar refractivity (Wildman–Crippen MR) is 109 cm³/mol. The van der Waals surface area contributed by atoms with Gasteiger partial charge in [-0.15, -0.1) is 0 Å². The van der Waals surface area contributed by atoms with Crippen LogP contribution >= 0.6 is 34.8 Å². The van der Waals surface area contributed by atoms with Crippen LogP contribution in [0.2, 0.25) is 15.2 Å². The molecule has 1 amide bonds. The number of fused-ring (bicyclic) bond motifs is 1. The number of nitrogens with one attached hydrogen (secondary N) is 1. The summed E-state index contributed by atoms with van der Waals surface area (Å²) in [4.78, 5) is 16.2. The second kappa shape index (κ2) is 8.57. The zero-order chi connectivity index (χ0) is 19.4. The lowest BCUT2D eigenvalue weighted by Gasteiger charge is -2.07. The number of pyridine rings is 1. The molecule has 0 saturated heterocycles. The molecule has 1 heterocycles. The van der Waals surface area contributed by atoms with Crippen molar-refractivity contribution in [1.82, 2.24) is 10.4 Å². The summed E-state index contributed by atoms with van der Waals surface area (Å²) < 4.78 is 5.33. The number of hydrazone groups is 1. The minimum Gasteiger partial charge on any atom is -0.482 e. The first-order valence-corrected chi connectivity index (χ1v) is 9.02. The van der Waals surface area contributed by atoms with Crippen LogP contribution < -0.4 is 10.2 Å². The van der Waals surface area contributed by atoms with Crippen molar-refractivity contribution in [2.24, 2.45) is 5.10 Å². The summed E-state index contributed by atoms with van der Waals surface area (Å²) in [6.45, 7) is 1.74. The van der Waals surface area contributed by atoms with Crippen LogP contribution in [0.5, 0.6) is 5.75 Å². The van der Waals surface area contributed by atoms with E-state index in [1.165, 1.54) is 12.3 Å². The van der Waals surface area contributed by atoms with Crippen LogP contribution in [0, 0.1) is 6.92 Å². The van der Waals surface area contributed by atoms with Gasteiger partial charge in [-0.25, -0.2) is 10.4 Å². The molecule has 3 aromatic rings. The van der Waals surface area contributed by atoms with Gasteiger partial charge in [-0.05, 0) is 42.8 Å². The first-order valence-electron chi connectivity index (χ1n) is 7.89. The van der Waals surface area contributed by atoms with E-state index in [2.05, 4.69) is 15.5 Å². The monoisotopic (exact) mass is 421 g/mol. The second-order valence-corrected chi connectivity index (χ2v) is 6.92. The molecule has 0 aliphatic rings. The molecule has 1 aromatic heterocycles. The highest BCUT2D eigenvalue weighted by Crippen LogP contribution is 2.27. The molecule has 1 N–H and O–H groups in total. The number of rotatable bonds is 5. The van der Waals surface area contributed by atoms with E-state index in [1.54, 1.807) is 12.1 Å². The van der Waals surface area contributed by atoms with Gasteiger partial charge in [0.2, 0.25) is 0 Å². The molecule has 0 fully saturated rings. The van der Waals surface area contributed by atoms with E-state index < -0.39 is 5.91 Å². The smallest absolute Gasteiger partial charge is 0.277 e. The van der Waals surface area contributed by atoms with Crippen molar-refractivity contribution in [1.29, 1.82) is 0 Å². The minimum absolute atomic E-state index is 0.248. The average Bonchev–Trinajstić information content (AvgIpc) is 2.61. The number of ether oxygens (including phenoxy) is 1. The predicted octanol–water partition coefficient (Wildman–Crippen LogP) is 5.03. The fraction of sp³-hybridized carbons (Fsp3) is 0.105. The Labute approximate surface area is 170 Å². The highest BCUT2D eigenvalue weighted by molar-refractivity contribution is 6.35. The Morgan fingerprint density at radius 1 is 1.19 bits per heavy atom.